The summed E-state index contributed by atoms with van der Waals surface area (Å²) in [5, 5.41) is 3.07. The van der Waals surface area contributed by atoms with E-state index in [1.165, 1.54) is 6.92 Å². The lowest BCUT2D eigenvalue weighted by Crippen LogP contribution is -2.61. The topological polar surface area (TPSA) is 108 Å². The summed E-state index contributed by atoms with van der Waals surface area (Å²) in [6, 6.07) is 6.35. The van der Waals surface area contributed by atoms with Crippen LogP contribution in [-0.4, -0.2) is 93.3 Å². The molecule has 10 nitrogen and oxygen atoms in total. The van der Waals surface area contributed by atoms with Crippen molar-refractivity contribution in [1.82, 2.24) is 30.0 Å². The minimum atomic E-state index is -0.385. The molecule has 2 aromatic heterocycles. The van der Waals surface area contributed by atoms with Crippen LogP contribution in [-0.2, 0) is 16.1 Å². The first kappa shape index (κ1) is 22.3. The van der Waals surface area contributed by atoms with Crippen molar-refractivity contribution in [2.45, 2.75) is 38.0 Å². The molecule has 0 spiro atoms. The molecular weight excluding hydrogens is 436 g/mol. The van der Waals surface area contributed by atoms with Crippen molar-refractivity contribution in [1.29, 1.82) is 0 Å². The van der Waals surface area contributed by atoms with E-state index in [-0.39, 0.29) is 48.3 Å². The zero-order chi connectivity index (χ0) is 23.7. The molecule has 10 heteroatoms. The zero-order valence-corrected chi connectivity index (χ0v) is 19.1. The van der Waals surface area contributed by atoms with Crippen LogP contribution in [0, 0.1) is 0 Å². The van der Waals surface area contributed by atoms with Gasteiger partial charge in [-0.25, -0.2) is 4.98 Å². The monoisotopic (exact) mass is 464 g/mol. The molecule has 3 amide bonds. The van der Waals surface area contributed by atoms with Crippen LogP contribution in [0.25, 0.3) is 0 Å². The minimum Gasteiger partial charge on any atom is -0.475 e. The number of amides is 3. The molecule has 0 radical (unpaired) electrons. The number of nitrogens with one attached hydrogen (secondary N) is 1. The number of nitrogens with zero attached hydrogens (tertiary/aromatic N) is 5. The van der Waals surface area contributed by atoms with E-state index in [9.17, 15) is 14.4 Å². The Morgan fingerprint density at radius 1 is 1.18 bits per heavy atom. The third-order valence-corrected chi connectivity index (χ3v) is 6.77. The lowest BCUT2D eigenvalue weighted by atomic mass is 10.1. The maximum Gasteiger partial charge on any atom is 0.257 e. The summed E-state index contributed by atoms with van der Waals surface area (Å²) in [6.45, 7) is 4.10. The van der Waals surface area contributed by atoms with E-state index in [4.69, 9.17) is 4.74 Å². The largest absolute Gasteiger partial charge is 0.475 e. The van der Waals surface area contributed by atoms with E-state index in [0.29, 0.717) is 44.7 Å². The fourth-order valence-corrected chi connectivity index (χ4v) is 5.05. The Balaban J connectivity index is 1.48. The van der Waals surface area contributed by atoms with Crippen LogP contribution >= 0.6 is 0 Å². The molecular formula is C24H28N6O4. The van der Waals surface area contributed by atoms with Crippen LogP contribution in [0.3, 0.4) is 0 Å². The van der Waals surface area contributed by atoms with Gasteiger partial charge in [-0.1, -0.05) is 6.07 Å². The van der Waals surface area contributed by atoms with Gasteiger partial charge in [-0.05, 0) is 30.2 Å². The normalized spacial score (nSPS) is 25.4. The molecule has 3 aliphatic rings. The number of carbonyl (C=O) groups excluding carboxylic acids is 3. The molecule has 3 aliphatic heterocycles. The van der Waals surface area contributed by atoms with Crippen molar-refractivity contribution in [2.24, 2.45) is 0 Å². The third-order valence-electron chi connectivity index (χ3n) is 6.77. The van der Waals surface area contributed by atoms with Gasteiger partial charge in [0.25, 0.3) is 5.91 Å². The van der Waals surface area contributed by atoms with E-state index in [1.54, 1.807) is 35.6 Å². The van der Waals surface area contributed by atoms with Crippen LogP contribution in [0.4, 0.5) is 0 Å². The van der Waals surface area contributed by atoms with E-state index in [2.05, 4.69) is 20.2 Å². The van der Waals surface area contributed by atoms with Gasteiger partial charge in [0.1, 0.15) is 12.2 Å². The summed E-state index contributed by atoms with van der Waals surface area (Å²) in [5.41, 5.74) is 1.37. The highest BCUT2D eigenvalue weighted by Crippen LogP contribution is 2.26. The van der Waals surface area contributed by atoms with Gasteiger partial charge in [-0.15, -0.1) is 0 Å². The number of hydrogen-bond acceptors (Lipinski definition) is 7. The van der Waals surface area contributed by atoms with Gasteiger partial charge in [0.15, 0.2) is 0 Å². The number of likely N-dealkylation sites (tertiary alicyclic amines) is 1. The fraction of sp³-hybridized carbons (Fsp3) is 0.458. The number of piperazine rings is 1. The molecule has 0 aliphatic carbocycles. The van der Waals surface area contributed by atoms with Gasteiger partial charge in [0.2, 0.25) is 17.7 Å². The Hall–Kier alpha value is -3.53. The Morgan fingerprint density at radius 2 is 2.03 bits per heavy atom. The molecule has 2 saturated heterocycles. The van der Waals surface area contributed by atoms with Crippen molar-refractivity contribution in [3.63, 3.8) is 0 Å². The molecule has 1 N–H and O–H groups in total. The Labute approximate surface area is 197 Å². The Kier molecular flexibility index (Phi) is 6.14. The summed E-state index contributed by atoms with van der Waals surface area (Å²) in [7, 11) is 0. The summed E-state index contributed by atoms with van der Waals surface area (Å²) in [5.74, 6) is -0.0711. The minimum absolute atomic E-state index is 0.000686. The van der Waals surface area contributed by atoms with Crippen LogP contribution in [0.1, 0.15) is 29.3 Å². The number of carbonyl (C=O) groups is 3. The molecule has 0 saturated carbocycles. The van der Waals surface area contributed by atoms with Crippen LogP contribution in [0.2, 0.25) is 0 Å². The molecule has 5 rings (SSSR count). The van der Waals surface area contributed by atoms with Gasteiger partial charge in [0, 0.05) is 64.3 Å². The smallest absolute Gasteiger partial charge is 0.257 e. The predicted octanol–water partition coefficient (Wildman–Crippen LogP) is 0.301. The van der Waals surface area contributed by atoms with E-state index >= 15 is 0 Å². The number of hydrogen-bond donors (Lipinski definition) is 1. The molecule has 0 aromatic carbocycles. The van der Waals surface area contributed by atoms with E-state index in [0.717, 1.165) is 5.56 Å². The second-order valence-corrected chi connectivity index (χ2v) is 9.03. The zero-order valence-electron chi connectivity index (χ0n) is 19.1. The summed E-state index contributed by atoms with van der Waals surface area (Å²) >= 11 is 0. The molecule has 34 heavy (non-hydrogen) atoms. The first-order chi connectivity index (χ1) is 16.5. The van der Waals surface area contributed by atoms with Gasteiger partial charge in [-0.2, -0.15) is 0 Å². The van der Waals surface area contributed by atoms with Gasteiger partial charge >= 0.3 is 0 Å². The van der Waals surface area contributed by atoms with E-state index < -0.39 is 0 Å². The SMILES string of the molecule is CC(=O)N1CCN2C(=O)[C@@H]3C[C@@H](CN3Cc3cccnc3)NC(=O)c3cccnc3OC[C@@H]2C1. The van der Waals surface area contributed by atoms with Crippen molar-refractivity contribution < 1.29 is 19.1 Å². The number of fused-ring (bicyclic) bond motifs is 4. The molecule has 2 aromatic rings. The van der Waals surface area contributed by atoms with Gasteiger partial charge < -0.3 is 19.9 Å². The van der Waals surface area contributed by atoms with Crippen molar-refractivity contribution in [3.8, 4) is 5.88 Å². The quantitative estimate of drug-likeness (QED) is 0.681. The van der Waals surface area contributed by atoms with Crippen LogP contribution in [0.5, 0.6) is 5.88 Å². The van der Waals surface area contributed by atoms with Crippen LogP contribution < -0.4 is 10.1 Å². The van der Waals surface area contributed by atoms with Crippen molar-refractivity contribution >= 4 is 17.7 Å². The molecule has 178 valence electrons. The van der Waals surface area contributed by atoms with Crippen LogP contribution in [0.15, 0.2) is 42.9 Å². The Bertz CT molecular complexity index is 1080. The highest BCUT2D eigenvalue weighted by molar-refractivity contribution is 5.96. The predicted molar refractivity (Wildman–Crippen MR) is 122 cm³/mol. The highest BCUT2D eigenvalue weighted by atomic mass is 16.5. The maximum atomic E-state index is 13.8. The summed E-state index contributed by atoms with van der Waals surface area (Å²) < 4.78 is 5.96. The second-order valence-electron chi connectivity index (χ2n) is 9.03. The molecule has 3 atom stereocenters. The molecule has 5 heterocycles. The second kappa shape index (κ2) is 9.38. The maximum absolute atomic E-state index is 13.8. The fourth-order valence-electron chi connectivity index (χ4n) is 5.05. The first-order valence-electron chi connectivity index (χ1n) is 11.6. The number of ether oxygens (including phenoxy) is 1. The summed E-state index contributed by atoms with van der Waals surface area (Å²) in [4.78, 5) is 53.1. The molecule has 2 bridgehead atoms. The van der Waals surface area contributed by atoms with Gasteiger partial charge in [0.05, 0.1) is 12.1 Å². The first-order valence-corrected chi connectivity index (χ1v) is 11.6. The number of pyridine rings is 2. The average molecular weight is 465 g/mol. The third kappa shape index (κ3) is 4.45. The van der Waals surface area contributed by atoms with E-state index in [1.807, 2.05) is 17.0 Å². The standard InChI is InChI=1S/C24H28N6O4/c1-16(31)28-8-9-30-19(14-28)15-34-23-20(5-3-7-26-23)22(32)27-18-10-21(24(30)33)29(13-18)12-17-4-2-6-25-11-17/h2-7,11,18-19,21H,8-10,12-15H2,1H3,(H,27,32)/t18-,19-,21-/m0/s1. The highest BCUT2D eigenvalue weighted by Gasteiger charge is 2.43. The van der Waals surface area contributed by atoms with Crippen molar-refractivity contribution in [3.05, 3.63) is 54.0 Å². The molecule has 2 fully saturated rings. The Morgan fingerprint density at radius 3 is 2.82 bits per heavy atom. The summed E-state index contributed by atoms with van der Waals surface area (Å²) in [6.07, 6.45) is 5.61. The lowest BCUT2D eigenvalue weighted by molar-refractivity contribution is -0.146. The lowest BCUT2D eigenvalue weighted by Gasteiger charge is -2.42. The van der Waals surface area contributed by atoms with Gasteiger partial charge in [-0.3, -0.25) is 24.3 Å². The molecule has 0 unspecified atom stereocenters. The number of rotatable bonds is 2. The average Bonchev–Trinajstić information content (AvgIpc) is 3.24. The van der Waals surface area contributed by atoms with Crippen molar-refractivity contribution in [2.75, 3.05) is 32.8 Å². The number of aromatic nitrogens is 2.